The van der Waals surface area contributed by atoms with Gasteiger partial charge in [0.15, 0.2) is 5.60 Å². The van der Waals surface area contributed by atoms with Crippen LogP contribution in [0.1, 0.15) is 26.7 Å². The van der Waals surface area contributed by atoms with Gasteiger partial charge in [-0.2, -0.15) is 4.99 Å². The number of anilines is 1. The Morgan fingerprint density at radius 3 is 2.81 bits per heavy atom. The summed E-state index contributed by atoms with van der Waals surface area (Å²) in [5, 5.41) is 3.12. The molecule has 2 aliphatic heterocycles. The number of benzene rings is 1. The number of nitrogens with zero attached hydrogens (tertiary/aromatic N) is 3. The number of rotatable bonds is 3. The third kappa shape index (κ3) is 4.05. The summed E-state index contributed by atoms with van der Waals surface area (Å²) in [6.45, 7) is 4.02. The van der Waals surface area contributed by atoms with Crippen molar-refractivity contribution in [3.8, 4) is 5.75 Å². The molecule has 0 aliphatic carbocycles. The molecular weight excluding hydrogens is 372 g/mol. The number of carbonyl (C=O) groups is 3. The smallest absolute Gasteiger partial charge is 0.344 e. The molecule has 2 aliphatic rings. The monoisotopic (exact) mass is 392 g/mol. The van der Waals surface area contributed by atoms with E-state index < -0.39 is 5.60 Å². The summed E-state index contributed by atoms with van der Waals surface area (Å²) in [6, 6.07) is 4.65. The van der Waals surface area contributed by atoms with Crippen LogP contribution < -0.4 is 15.0 Å². The summed E-state index contributed by atoms with van der Waals surface area (Å²) in [4.78, 5) is 43.4. The van der Waals surface area contributed by atoms with Gasteiger partial charge < -0.3 is 19.9 Å². The summed E-state index contributed by atoms with van der Waals surface area (Å²) >= 11 is 6.05. The van der Waals surface area contributed by atoms with E-state index in [1.807, 2.05) is 0 Å². The van der Waals surface area contributed by atoms with Gasteiger partial charge in [-0.05, 0) is 32.0 Å². The molecule has 0 saturated carbocycles. The molecule has 144 valence electrons. The fraction of sp³-hybridized carbons (Fsp3) is 0.444. The Morgan fingerprint density at radius 2 is 2.11 bits per heavy atom. The van der Waals surface area contributed by atoms with Crippen molar-refractivity contribution >= 4 is 41.0 Å². The highest BCUT2D eigenvalue weighted by Gasteiger charge is 2.41. The van der Waals surface area contributed by atoms with E-state index in [0.29, 0.717) is 35.3 Å². The Labute approximate surface area is 162 Å². The number of ether oxygens (including phenoxy) is 1. The lowest BCUT2D eigenvalue weighted by Gasteiger charge is -2.38. The Morgan fingerprint density at radius 1 is 1.37 bits per heavy atom. The van der Waals surface area contributed by atoms with Gasteiger partial charge in [-0.3, -0.25) is 9.59 Å². The molecule has 1 aromatic rings. The van der Waals surface area contributed by atoms with Gasteiger partial charge in [0.2, 0.25) is 5.91 Å². The van der Waals surface area contributed by atoms with Crippen molar-refractivity contribution in [3.05, 3.63) is 23.2 Å². The number of amidine groups is 1. The average Bonchev–Trinajstić information content (AvgIpc) is 2.59. The minimum atomic E-state index is -1.04. The molecular formula is C18H21ClN4O4. The van der Waals surface area contributed by atoms with Gasteiger partial charge in [0.05, 0.1) is 5.69 Å². The normalized spacial score (nSPS) is 18.6. The molecule has 1 N–H and O–H groups in total. The minimum absolute atomic E-state index is 0.0524. The first kappa shape index (κ1) is 19.2. The molecule has 2 heterocycles. The van der Waals surface area contributed by atoms with Gasteiger partial charge in [-0.1, -0.05) is 11.6 Å². The summed E-state index contributed by atoms with van der Waals surface area (Å²) in [5.74, 6) is 0.318. The molecule has 3 rings (SSSR count). The zero-order valence-electron chi connectivity index (χ0n) is 15.4. The van der Waals surface area contributed by atoms with E-state index in [4.69, 9.17) is 16.3 Å². The van der Waals surface area contributed by atoms with Crippen molar-refractivity contribution in [2.75, 3.05) is 25.0 Å². The second kappa shape index (κ2) is 7.19. The number of hydrogen-bond acceptors (Lipinski definition) is 4. The molecule has 0 spiro atoms. The van der Waals surface area contributed by atoms with E-state index in [9.17, 15) is 14.4 Å². The van der Waals surface area contributed by atoms with Crippen LogP contribution in [0.4, 0.5) is 10.5 Å². The lowest BCUT2D eigenvalue weighted by molar-refractivity contribution is -0.132. The van der Waals surface area contributed by atoms with Crippen molar-refractivity contribution in [2.45, 2.75) is 32.3 Å². The minimum Gasteiger partial charge on any atom is -0.476 e. The molecule has 0 unspecified atom stereocenters. The Hall–Kier alpha value is -2.61. The lowest BCUT2D eigenvalue weighted by atomic mass is 10.0. The van der Waals surface area contributed by atoms with E-state index in [1.165, 1.54) is 9.80 Å². The molecule has 0 atom stereocenters. The highest BCUT2D eigenvalue weighted by Crippen LogP contribution is 2.39. The van der Waals surface area contributed by atoms with E-state index in [2.05, 4.69) is 10.3 Å². The molecule has 9 heteroatoms. The van der Waals surface area contributed by atoms with E-state index in [0.717, 1.165) is 0 Å². The van der Waals surface area contributed by atoms with Crippen LogP contribution in [0.25, 0.3) is 0 Å². The van der Waals surface area contributed by atoms with Crippen LogP contribution in [0.2, 0.25) is 5.02 Å². The number of fused-ring (bicyclic) bond motifs is 1. The zero-order chi connectivity index (χ0) is 19.8. The number of halogens is 1. The summed E-state index contributed by atoms with van der Waals surface area (Å²) in [6.07, 6.45) is 0.534. The fourth-order valence-electron chi connectivity index (χ4n) is 2.92. The van der Waals surface area contributed by atoms with Crippen LogP contribution in [-0.4, -0.2) is 54.3 Å². The average molecular weight is 393 g/mol. The van der Waals surface area contributed by atoms with Gasteiger partial charge in [0.1, 0.15) is 11.6 Å². The SMILES string of the molecule is CN1CCC(NC(=O)CCN2C(=O)C(C)(C)Oc3ccc(Cl)cc32)=NC1=O. The summed E-state index contributed by atoms with van der Waals surface area (Å²) in [5.41, 5.74) is -0.506. The second-order valence-electron chi connectivity index (χ2n) is 6.99. The van der Waals surface area contributed by atoms with Crippen LogP contribution in [0, 0.1) is 0 Å². The van der Waals surface area contributed by atoms with E-state index >= 15 is 0 Å². The van der Waals surface area contributed by atoms with Gasteiger partial charge >= 0.3 is 6.03 Å². The molecule has 0 bridgehead atoms. The highest BCUT2D eigenvalue weighted by atomic mass is 35.5. The molecule has 8 nitrogen and oxygen atoms in total. The Balaban J connectivity index is 1.70. The molecule has 0 saturated heterocycles. The first-order valence-electron chi connectivity index (χ1n) is 8.60. The predicted octanol–water partition coefficient (Wildman–Crippen LogP) is 2.20. The Bertz CT molecular complexity index is 837. The van der Waals surface area contributed by atoms with Crippen molar-refractivity contribution < 1.29 is 19.1 Å². The lowest BCUT2D eigenvalue weighted by Crippen LogP contribution is -2.53. The third-order valence-corrected chi connectivity index (χ3v) is 4.66. The first-order valence-corrected chi connectivity index (χ1v) is 8.98. The van der Waals surface area contributed by atoms with Crippen LogP contribution in [-0.2, 0) is 9.59 Å². The topological polar surface area (TPSA) is 91.3 Å². The number of hydrogen-bond donors (Lipinski definition) is 1. The molecule has 0 radical (unpaired) electrons. The number of amides is 4. The summed E-state index contributed by atoms with van der Waals surface area (Å²) in [7, 11) is 1.65. The third-order valence-electron chi connectivity index (χ3n) is 4.42. The predicted molar refractivity (Wildman–Crippen MR) is 101 cm³/mol. The highest BCUT2D eigenvalue weighted by molar-refractivity contribution is 6.31. The number of carbonyl (C=O) groups excluding carboxylic acids is 3. The molecule has 4 amide bonds. The zero-order valence-corrected chi connectivity index (χ0v) is 16.2. The number of aliphatic imine (C=N–C) groups is 1. The Kier molecular flexibility index (Phi) is 5.10. The van der Waals surface area contributed by atoms with Crippen LogP contribution in [0.15, 0.2) is 23.2 Å². The number of urea groups is 1. The molecule has 0 aromatic heterocycles. The van der Waals surface area contributed by atoms with Crippen molar-refractivity contribution in [1.82, 2.24) is 10.2 Å². The van der Waals surface area contributed by atoms with E-state index in [-0.39, 0.29) is 30.8 Å². The number of nitrogens with one attached hydrogen (secondary N) is 1. The van der Waals surface area contributed by atoms with Gasteiger partial charge in [0.25, 0.3) is 5.91 Å². The first-order chi connectivity index (χ1) is 12.7. The van der Waals surface area contributed by atoms with Crippen LogP contribution in [0.5, 0.6) is 5.75 Å². The standard InChI is InChI=1S/C18H21ClN4O4/c1-18(2)16(25)23(12-10-11(19)4-5-13(12)27-18)9-7-15(24)20-14-6-8-22(3)17(26)21-14/h4-5,10H,6-9H2,1-3H3,(H,20,21,24,26). The van der Waals surface area contributed by atoms with Gasteiger partial charge in [-0.25, -0.2) is 4.79 Å². The summed E-state index contributed by atoms with van der Waals surface area (Å²) < 4.78 is 5.76. The van der Waals surface area contributed by atoms with Crippen LogP contribution >= 0.6 is 11.6 Å². The van der Waals surface area contributed by atoms with E-state index in [1.54, 1.807) is 39.1 Å². The quantitative estimate of drug-likeness (QED) is 0.853. The maximum absolute atomic E-state index is 12.8. The molecule has 1 aromatic carbocycles. The van der Waals surface area contributed by atoms with Gasteiger partial charge in [-0.15, -0.1) is 0 Å². The van der Waals surface area contributed by atoms with Crippen molar-refractivity contribution in [3.63, 3.8) is 0 Å². The van der Waals surface area contributed by atoms with Crippen LogP contribution in [0.3, 0.4) is 0 Å². The van der Waals surface area contributed by atoms with Gasteiger partial charge in [0, 0.05) is 38.0 Å². The van der Waals surface area contributed by atoms with Crippen molar-refractivity contribution in [2.24, 2.45) is 4.99 Å². The molecule has 27 heavy (non-hydrogen) atoms. The largest absolute Gasteiger partial charge is 0.476 e. The molecule has 0 fully saturated rings. The second-order valence-corrected chi connectivity index (χ2v) is 7.43. The maximum Gasteiger partial charge on any atom is 0.344 e. The van der Waals surface area contributed by atoms with Crippen molar-refractivity contribution in [1.29, 1.82) is 0 Å². The maximum atomic E-state index is 12.8. The fourth-order valence-corrected chi connectivity index (χ4v) is 3.08.